The number of para-hydroxylation sites is 1. The third-order valence-corrected chi connectivity index (χ3v) is 4.50. The standard InChI is InChI=1S/C19H19FN2/c20-15-9-7-14(8-10-15)12-22-11-3-6-19-17(13-22)16-4-1-2-5-18(16)21-19/h1-2,4-5,7-10,21H,3,6,11-13H2. The SMILES string of the molecule is Fc1ccc(CN2CCCc3[nH]c4ccccc4c3C2)cc1. The number of hydrogen-bond donors (Lipinski definition) is 1. The second-order valence-corrected chi connectivity index (χ2v) is 6.07. The zero-order valence-electron chi connectivity index (χ0n) is 12.5. The summed E-state index contributed by atoms with van der Waals surface area (Å²) in [5.41, 5.74) is 5.21. The van der Waals surface area contributed by atoms with Crippen LogP contribution in [0.25, 0.3) is 10.9 Å². The molecule has 1 aliphatic heterocycles. The fourth-order valence-corrected chi connectivity index (χ4v) is 3.41. The first-order chi connectivity index (χ1) is 10.8. The summed E-state index contributed by atoms with van der Waals surface area (Å²) in [6.45, 7) is 2.91. The van der Waals surface area contributed by atoms with E-state index in [0.717, 1.165) is 32.5 Å². The average Bonchev–Trinajstić information content (AvgIpc) is 2.75. The number of fused-ring (bicyclic) bond motifs is 3. The van der Waals surface area contributed by atoms with Gasteiger partial charge in [0.1, 0.15) is 5.82 Å². The van der Waals surface area contributed by atoms with Crippen LogP contribution in [0, 0.1) is 5.82 Å². The molecule has 0 aliphatic carbocycles. The molecule has 0 fully saturated rings. The fourth-order valence-electron chi connectivity index (χ4n) is 3.41. The second kappa shape index (κ2) is 5.58. The Morgan fingerprint density at radius 3 is 2.73 bits per heavy atom. The van der Waals surface area contributed by atoms with Gasteiger partial charge in [-0.15, -0.1) is 0 Å². The molecule has 1 N–H and O–H groups in total. The van der Waals surface area contributed by atoms with Crippen molar-refractivity contribution in [2.45, 2.75) is 25.9 Å². The molecule has 1 aliphatic rings. The van der Waals surface area contributed by atoms with Crippen LogP contribution < -0.4 is 0 Å². The topological polar surface area (TPSA) is 19.0 Å². The Morgan fingerprint density at radius 1 is 1.05 bits per heavy atom. The lowest BCUT2D eigenvalue weighted by Crippen LogP contribution is -2.22. The van der Waals surface area contributed by atoms with Crippen LogP contribution >= 0.6 is 0 Å². The molecule has 0 amide bonds. The van der Waals surface area contributed by atoms with Crippen LogP contribution in [0.4, 0.5) is 4.39 Å². The van der Waals surface area contributed by atoms with Crippen molar-refractivity contribution in [2.75, 3.05) is 6.54 Å². The number of rotatable bonds is 2. The Hall–Kier alpha value is -2.13. The van der Waals surface area contributed by atoms with Crippen molar-refractivity contribution in [3.05, 3.63) is 71.2 Å². The summed E-state index contributed by atoms with van der Waals surface area (Å²) in [6.07, 6.45) is 2.25. The Bertz CT molecular complexity index is 789. The zero-order chi connectivity index (χ0) is 14.9. The Labute approximate surface area is 129 Å². The number of halogens is 1. The molecule has 112 valence electrons. The van der Waals surface area contributed by atoms with Gasteiger partial charge in [0.05, 0.1) is 0 Å². The first-order valence-electron chi connectivity index (χ1n) is 7.85. The van der Waals surface area contributed by atoms with Gasteiger partial charge in [-0.2, -0.15) is 0 Å². The summed E-state index contributed by atoms with van der Waals surface area (Å²) >= 11 is 0. The molecule has 1 aromatic heterocycles. The molecule has 0 spiro atoms. The van der Waals surface area contributed by atoms with Gasteiger partial charge in [0, 0.05) is 29.7 Å². The monoisotopic (exact) mass is 294 g/mol. The zero-order valence-corrected chi connectivity index (χ0v) is 12.5. The number of aryl methyl sites for hydroxylation is 1. The highest BCUT2D eigenvalue weighted by Crippen LogP contribution is 2.27. The van der Waals surface area contributed by atoms with E-state index in [1.54, 1.807) is 12.1 Å². The van der Waals surface area contributed by atoms with E-state index in [-0.39, 0.29) is 5.82 Å². The van der Waals surface area contributed by atoms with Crippen LogP contribution in [0.3, 0.4) is 0 Å². The lowest BCUT2D eigenvalue weighted by Gasteiger charge is -2.20. The minimum absolute atomic E-state index is 0.168. The van der Waals surface area contributed by atoms with Crippen LogP contribution in [-0.2, 0) is 19.5 Å². The van der Waals surface area contributed by atoms with Gasteiger partial charge in [0.15, 0.2) is 0 Å². The number of aromatic amines is 1. The first-order valence-corrected chi connectivity index (χ1v) is 7.85. The van der Waals surface area contributed by atoms with Gasteiger partial charge in [0.2, 0.25) is 0 Å². The maximum Gasteiger partial charge on any atom is 0.123 e. The third kappa shape index (κ3) is 2.53. The Balaban J connectivity index is 1.62. The normalized spacial score (nSPS) is 15.7. The molecule has 2 heterocycles. The molecule has 0 saturated carbocycles. The molecule has 0 atom stereocenters. The predicted molar refractivity (Wildman–Crippen MR) is 87.1 cm³/mol. The van der Waals surface area contributed by atoms with Crippen LogP contribution in [0.5, 0.6) is 0 Å². The van der Waals surface area contributed by atoms with E-state index in [0.29, 0.717) is 0 Å². The van der Waals surface area contributed by atoms with Crippen molar-refractivity contribution in [3.63, 3.8) is 0 Å². The van der Waals surface area contributed by atoms with Crippen molar-refractivity contribution >= 4 is 10.9 Å². The summed E-state index contributed by atoms with van der Waals surface area (Å²) in [5.74, 6) is -0.168. The molecule has 22 heavy (non-hydrogen) atoms. The van der Waals surface area contributed by atoms with Crippen molar-refractivity contribution in [1.29, 1.82) is 0 Å². The van der Waals surface area contributed by atoms with E-state index in [2.05, 4.69) is 34.1 Å². The largest absolute Gasteiger partial charge is 0.358 e. The molecular formula is C19H19FN2. The molecule has 4 rings (SSSR count). The van der Waals surface area contributed by atoms with E-state index in [1.807, 2.05) is 12.1 Å². The predicted octanol–water partition coefficient (Wildman–Crippen LogP) is 4.26. The summed E-state index contributed by atoms with van der Waals surface area (Å²) in [6, 6.07) is 15.4. The summed E-state index contributed by atoms with van der Waals surface area (Å²) in [4.78, 5) is 6.03. The summed E-state index contributed by atoms with van der Waals surface area (Å²) < 4.78 is 13.0. The highest BCUT2D eigenvalue weighted by molar-refractivity contribution is 5.84. The lowest BCUT2D eigenvalue weighted by molar-refractivity contribution is 0.262. The number of benzene rings is 2. The van der Waals surface area contributed by atoms with E-state index < -0.39 is 0 Å². The first kappa shape index (κ1) is 13.5. The smallest absolute Gasteiger partial charge is 0.123 e. The van der Waals surface area contributed by atoms with Crippen molar-refractivity contribution < 1.29 is 4.39 Å². The van der Waals surface area contributed by atoms with Crippen molar-refractivity contribution in [2.24, 2.45) is 0 Å². The molecule has 0 bridgehead atoms. The van der Waals surface area contributed by atoms with Gasteiger partial charge in [-0.25, -0.2) is 4.39 Å². The second-order valence-electron chi connectivity index (χ2n) is 6.07. The van der Waals surface area contributed by atoms with Gasteiger partial charge >= 0.3 is 0 Å². The molecule has 0 radical (unpaired) electrons. The van der Waals surface area contributed by atoms with E-state index in [9.17, 15) is 4.39 Å². The van der Waals surface area contributed by atoms with E-state index in [4.69, 9.17) is 0 Å². The molecule has 3 heteroatoms. The molecular weight excluding hydrogens is 275 g/mol. The number of nitrogens with zero attached hydrogens (tertiary/aromatic N) is 1. The van der Waals surface area contributed by atoms with Crippen molar-refractivity contribution in [3.8, 4) is 0 Å². The number of hydrogen-bond acceptors (Lipinski definition) is 1. The third-order valence-electron chi connectivity index (χ3n) is 4.50. The van der Waals surface area contributed by atoms with Crippen LogP contribution in [-0.4, -0.2) is 16.4 Å². The number of nitrogens with one attached hydrogen (secondary N) is 1. The van der Waals surface area contributed by atoms with Crippen LogP contribution in [0.15, 0.2) is 48.5 Å². The quantitative estimate of drug-likeness (QED) is 0.748. The Morgan fingerprint density at radius 2 is 1.86 bits per heavy atom. The molecule has 2 nitrogen and oxygen atoms in total. The highest BCUT2D eigenvalue weighted by Gasteiger charge is 2.18. The van der Waals surface area contributed by atoms with Crippen LogP contribution in [0.2, 0.25) is 0 Å². The average molecular weight is 294 g/mol. The summed E-state index contributed by atoms with van der Waals surface area (Å²) in [5, 5.41) is 1.34. The van der Waals surface area contributed by atoms with Gasteiger partial charge in [-0.1, -0.05) is 30.3 Å². The van der Waals surface area contributed by atoms with Gasteiger partial charge in [-0.05, 0) is 48.7 Å². The maximum absolute atomic E-state index is 13.0. The number of aromatic nitrogens is 1. The summed E-state index contributed by atoms with van der Waals surface area (Å²) in [7, 11) is 0. The van der Waals surface area contributed by atoms with Crippen LogP contribution in [0.1, 0.15) is 23.2 Å². The molecule has 0 saturated heterocycles. The lowest BCUT2D eigenvalue weighted by atomic mass is 10.1. The van der Waals surface area contributed by atoms with Gasteiger partial charge in [0.25, 0.3) is 0 Å². The Kier molecular flexibility index (Phi) is 3.43. The van der Waals surface area contributed by atoms with Crippen molar-refractivity contribution in [1.82, 2.24) is 9.88 Å². The highest BCUT2D eigenvalue weighted by atomic mass is 19.1. The van der Waals surface area contributed by atoms with Gasteiger partial charge < -0.3 is 4.98 Å². The maximum atomic E-state index is 13.0. The minimum atomic E-state index is -0.168. The molecule has 0 unspecified atom stereocenters. The number of H-pyrrole nitrogens is 1. The molecule has 3 aromatic rings. The van der Waals surface area contributed by atoms with E-state index >= 15 is 0 Å². The molecule has 2 aromatic carbocycles. The fraction of sp³-hybridized carbons (Fsp3) is 0.263. The van der Waals surface area contributed by atoms with Gasteiger partial charge in [-0.3, -0.25) is 4.90 Å². The van der Waals surface area contributed by atoms with E-state index in [1.165, 1.54) is 27.7 Å². The minimum Gasteiger partial charge on any atom is -0.358 e.